The van der Waals surface area contributed by atoms with Crippen LogP contribution in [0.1, 0.15) is 110 Å². The van der Waals surface area contributed by atoms with Gasteiger partial charge in [0, 0.05) is 51.5 Å². The van der Waals surface area contributed by atoms with Crippen molar-refractivity contribution in [2.75, 3.05) is 45.9 Å². The molecule has 2 heterocycles. The molecule has 1 aliphatic heterocycles. The molecular formula is C69H108N24O26. The fourth-order valence-corrected chi connectivity index (χ4v) is 11.5. The fourth-order valence-electron chi connectivity index (χ4n) is 11.5. The second-order valence-electron chi connectivity index (χ2n) is 27.9. The summed E-state index contributed by atoms with van der Waals surface area (Å²) < 4.78 is 0. The number of carboxylic acid groups (broad SMARTS) is 3. The molecule has 15 amide bonds. The highest BCUT2D eigenvalue weighted by Crippen LogP contribution is 2.20. The molecule has 1 aromatic heterocycles. The maximum Gasteiger partial charge on any atom is 0.326 e. The summed E-state index contributed by atoms with van der Waals surface area (Å²) in [6.07, 6.45) is -6.54. The minimum atomic E-state index is -1.96. The summed E-state index contributed by atoms with van der Waals surface area (Å²) in [5, 5.41) is 130. The zero-order chi connectivity index (χ0) is 89.5. The van der Waals surface area contributed by atoms with E-state index in [1.807, 2.05) is 0 Å². The number of rotatable bonds is 53. The number of benzene rings is 1. The predicted molar refractivity (Wildman–Crippen MR) is 410 cm³/mol. The van der Waals surface area contributed by atoms with Crippen LogP contribution in [0.15, 0.2) is 36.8 Å². The number of primary amides is 1. The largest absolute Gasteiger partial charge is 0.508 e. The molecule has 119 heavy (non-hydrogen) atoms. The molecule has 0 aliphatic carbocycles. The average Bonchev–Trinajstić information content (AvgIpc) is 1.81. The third-order valence-electron chi connectivity index (χ3n) is 17.9. The van der Waals surface area contributed by atoms with Gasteiger partial charge in [0.15, 0.2) is 11.9 Å². The van der Waals surface area contributed by atoms with Gasteiger partial charge in [-0.1, -0.05) is 26.0 Å². The number of H-pyrrole nitrogens is 1. The minimum absolute atomic E-state index is 0.0291. The first kappa shape index (κ1) is 100. The lowest BCUT2D eigenvalue weighted by atomic mass is 10.0. The standard InChI is InChI=1S/C69H108N24O26/c1-31(2)52(91-61(112)44(24-47(71)99)82-48(100)26-79-55(106)37(70)28-94)63(114)89-45(29-95)66(117)93-21-7-10-46(93)62(113)80-27-49(101)90-53(32(3)96)64(115)85-39(9-6-20-78-69(74)75)57(108)83-38(8-5-19-77-68(72)73)56(107)84-40(15-17-50(102)103)58(109)87-42(22-34-11-13-36(98)14-12-34)59(110)88-43(23-35-25-76-30-81-35)60(111)92-54(33(4)97)65(116)86-41(67(118)119)16-18-51(104)105/h11-14,25,30-33,37-46,52-54,94-98H,5-10,15-24,26-29,70H2,1-4H3,(H2,71,99)(H,76,81)(H,79,106)(H,80,113)(H,82,100)(H,83,108)(H,84,107)(H,85,115)(H,86,116)(H,87,109)(H,88,110)(H,89,114)(H,90,101)(H,91,112)(H,92,111)(H,102,103)(H,104,105)(H,118,119)(H4,72,73,77)(H4,74,75,78)/t32-,33-,37+,38+,39+,40+,41+,42+,43+,44+,45+,46+,52+,53+,54+/m1/s1. The van der Waals surface area contributed by atoms with E-state index in [2.05, 4.69) is 89.7 Å². The molecule has 50 heteroatoms. The number of carbonyl (C=O) groups excluding carboxylic acids is 15. The second-order valence-corrected chi connectivity index (χ2v) is 27.9. The summed E-state index contributed by atoms with van der Waals surface area (Å²) in [5.41, 5.74) is 22.0. The number of aromatic nitrogens is 2. The fraction of sp³-hybridized carbons (Fsp3) is 0.580. The van der Waals surface area contributed by atoms with Crippen molar-refractivity contribution in [3.8, 4) is 5.75 Å². The molecule has 0 saturated carbocycles. The third-order valence-corrected chi connectivity index (χ3v) is 17.9. The van der Waals surface area contributed by atoms with Crippen molar-refractivity contribution in [2.24, 2.45) is 28.9 Å². The Morgan fingerprint density at radius 2 is 0.950 bits per heavy atom. The number of phenolic OH excluding ortho intramolecular Hbond substituents is 1. The van der Waals surface area contributed by atoms with Gasteiger partial charge in [0.2, 0.25) is 88.6 Å². The van der Waals surface area contributed by atoms with Crippen LogP contribution >= 0.6 is 0 Å². The van der Waals surface area contributed by atoms with Gasteiger partial charge < -0.3 is 153 Å². The molecule has 1 saturated heterocycles. The lowest BCUT2D eigenvalue weighted by Crippen LogP contribution is -2.62. The van der Waals surface area contributed by atoms with Gasteiger partial charge in [0.1, 0.15) is 84.3 Å². The Kier molecular flexibility index (Phi) is 42.5. The van der Waals surface area contributed by atoms with Gasteiger partial charge in [-0.25, -0.2) is 9.78 Å². The molecule has 0 spiro atoms. The van der Waals surface area contributed by atoms with Gasteiger partial charge in [0.05, 0.1) is 57.0 Å². The number of carboxylic acids is 3. The molecular weight excluding hydrogens is 1580 g/mol. The van der Waals surface area contributed by atoms with Crippen molar-refractivity contribution < 1.29 is 127 Å². The Bertz CT molecular complexity index is 3890. The van der Waals surface area contributed by atoms with Crippen molar-refractivity contribution in [3.63, 3.8) is 0 Å². The van der Waals surface area contributed by atoms with Crippen LogP contribution in [0.5, 0.6) is 5.75 Å². The number of hydrogen-bond acceptors (Lipinski definition) is 27. The number of likely N-dealkylation sites (tertiary alicyclic amines) is 1. The van der Waals surface area contributed by atoms with E-state index in [1.165, 1.54) is 50.6 Å². The van der Waals surface area contributed by atoms with Crippen molar-refractivity contribution in [3.05, 3.63) is 48.0 Å². The molecule has 34 N–H and O–H groups in total. The van der Waals surface area contributed by atoms with Crippen molar-refractivity contribution >= 4 is 118 Å². The molecule has 660 valence electrons. The van der Waals surface area contributed by atoms with Crippen molar-refractivity contribution in [1.82, 2.24) is 94.6 Å². The number of carbonyl (C=O) groups is 18. The average molecular weight is 1690 g/mol. The summed E-state index contributed by atoms with van der Waals surface area (Å²) in [6.45, 7) is 1.12. The van der Waals surface area contributed by atoms with E-state index in [0.717, 1.165) is 18.7 Å². The first-order chi connectivity index (χ1) is 56.0. The molecule has 0 bridgehead atoms. The van der Waals surface area contributed by atoms with Crippen LogP contribution < -0.4 is 103 Å². The zero-order valence-electron chi connectivity index (χ0n) is 65.5. The van der Waals surface area contributed by atoms with Gasteiger partial charge in [-0.05, 0) is 88.8 Å². The lowest BCUT2D eigenvalue weighted by Gasteiger charge is -2.30. The number of nitrogens with one attached hydrogen (secondary N) is 18. The highest BCUT2D eigenvalue weighted by atomic mass is 16.4. The number of nitrogens with two attached hydrogens (primary N) is 4. The number of hydrogen-bond donors (Lipinski definition) is 30. The maximum absolute atomic E-state index is 14.7. The maximum atomic E-state index is 14.7. The molecule has 3 rings (SSSR count). The van der Waals surface area contributed by atoms with Gasteiger partial charge >= 0.3 is 17.9 Å². The van der Waals surface area contributed by atoms with Crippen molar-refractivity contribution in [2.45, 2.75) is 202 Å². The number of amides is 15. The molecule has 15 atom stereocenters. The van der Waals surface area contributed by atoms with Crippen LogP contribution in [-0.2, 0) is 99.1 Å². The van der Waals surface area contributed by atoms with Crippen molar-refractivity contribution in [1.29, 1.82) is 10.8 Å². The van der Waals surface area contributed by atoms with E-state index in [9.17, 15) is 117 Å². The molecule has 50 nitrogen and oxygen atoms in total. The molecule has 1 fully saturated rings. The summed E-state index contributed by atoms with van der Waals surface area (Å²) in [5.74, 6) is -23.5. The summed E-state index contributed by atoms with van der Waals surface area (Å²) >= 11 is 0. The normalized spacial score (nSPS) is 15.8. The predicted octanol–water partition coefficient (Wildman–Crippen LogP) is -12.6. The summed E-state index contributed by atoms with van der Waals surface area (Å²) in [6, 6.07) is -17.4. The first-order valence-electron chi connectivity index (χ1n) is 37.3. The van der Waals surface area contributed by atoms with Gasteiger partial charge in [-0.3, -0.25) is 92.3 Å². The minimum Gasteiger partial charge on any atom is -0.508 e. The summed E-state index contributed by atoms with van der Waals surface area (Å²) in [4.78, 5) is 249. The van der Waals surface area contributed by atoms with Crippen LogP contribution in [0, 0.1) is 16.7 Å². The number of aliphatic hydroxyl groups is 4. The quantitative estimate of drug-likeness (QED) is 0.0166. The lowest BCUT2D eigenvalue weighted by molar-refractivity contribution is -0.144. The molecule has 1 aromatic carbocycles. The number of aliphatic hydroxyl groups excluding tert-OH is 4. The van der Waals surface area contributed by atoms with E-state index in [0.29, 0.717) is 0 Å². The highest BCUT2D eigenvalue weighted by molar-refractivity contribution is 6.01. The van der Waals surface area contributed by atoms with Gasteiger partial charge in [-0.15, -0.1) is 0 Å². The van der Waals surface area contributed by atoms with Gasteiger partial charge in [0.25, 0.3) is 0 Å². The number of aromatic amines is 1. The molecule has 2 aromatic rings. The summed E-state index contributed by atoms with van der Waals surface area (Å²) in [7, 11) is 0. The number of nitrogens with zero attached hydrogens (tertiary/aromatic N) is 2. The van der Waals surface area contributed by atoms with E-state index in [-0.39, 0.29) is 75.2 Å². The Labute approximate surface area is 679 Å². The first-order valence-corrected chi connectivity index (χ1v) is 37.3. The number of phenols is 1. The van der Waals surface area contributed by atoms with Crippen LogP contribution in [0.4, 0.5) is 0 Å². The number of guanidine groups is 2. The Morgan fingerprint density at radius 3 is 1.43 bits per heavy atom. The molecule has 0 unspecified atom stereocenters. The SMILES string of the molecule is CC(C)[C@H](NC(=O)[C@H](CC(N)=O)NC(=O)CNC(=O)[C@@H](N)CO)C(=O)N[C@@H](CO)C(=O)N1CCC[C@H]1C(=O)NCC(=O)N[C@H](C(=O)N[C@@H](CCCNC(=N)N)C(=O)N[C@@H](CCCNC(=N)N)C(=O)N[C@@H](CCC(=O)O)C(=O)N[C@@H](Cc1ccc(O)cc1)C(=O)N[C@@H](Cc1c[nH]cn1)C(=O)N[C@H](C(=O)N[C@@H](CCC(=O)O)C(=O)O)[C@@H](C)O)[C@@H](C)O. The monoisotopic (exact) mass is 1690 g/mol. The molecule has 0 radical (unpaired) electrons. The van der Waals surface area contributed by atoms with Crippen LogP contribution in [0.25, 0.3) is 0 Å². The zero-order valence-corrected chi connectivity index (χ0v) is 65.5. The van der Waals surface area contributed by atoms with E-state index >= 15 is 0 Å². The number of aliphatic carboxylic acids is 3. The highest BCUT2D eigenvalue weighted by Gasteiger charge is 2.42. The van der Waals surface area contributed by atoms with Crippen LogP contribution in [-0.4, -0.2) is 311 Å². The third kappa shape index (κ3) is 36.0. The Morgan fingerprint density at radius 1 is 0.513 bits per heavy atom. The number of imidazole rings is 1. The second kappa shape index (κ2) is 50.5. The van der Waals surface area contributed by atoms with E-state index < -0.39 is 286 Å². The smallest absolute Gasteiger partial charge is 0.326 e. The van der Waals surface area contributed by atoms with E-state index in [4.69, 9.17) is 44.0 Å². The molecule has 1 aliphatic rings. The Balaban J connectivity index is 1.92. The van der Waals surface area contributed by atoms with Crippen LogP contribution in [0.3, 0.4) is 0 Å². The topological polar surface area (TPSA) is 833 Å². The van der Waals surface area contributed by atoms with Gasteiger partial charge in [-0.2, -0.15) is 0 Å². The number of aromatic hydroxyl groups is 1. The Hall–Kier alpha value is -13.0. The van der Waals surface area contributed by atoms with E-state index in [1.54, 1.807) is 0 Å². The van der Waals surface area contributed by atoms with Crippen LogP contribution in [0.2, 0.25) is 0 Å².